The van der Waals surface area contributed by atoms with Gasteiger partial charge in [0.2, 0.25) is 5.88 Å². The molecule has 0 aliphatic carbocycles. The summed E-state index contributed by atoms with van der Waals surface area (Å²) < 4.78 is 5.59. The molecule has 2 rings (SSSR count). The minimum atomic E-state index is 0.0384. The van der Waals surface area contributed by atoms with Crippen molar-refractivity contribution in [2.75, 3.05) is 24.2 Å². The van der Waals surface area contributed by atoms with Crippen molar-refractivity contribution in [3.63, 3.8) is 0 Å². The third-order valence-corrected chi connectivity index (χ3v) is 3.75. The van der Waals surface area contributed by atoms with Gasteiger partial charge in [-0.2, -0.15) is 4.98 Å². The second kappa shape index (κ2) is 6.56. The zero-order valence-electron chi connectivity index (χ0n) is 12.0. The Balaban J connectivity index is 2.07. The van der Waals surface area contributed by atoms with Gasteiger partial charge < -0.3 is 15.4 Å². The van der Waals surface area contributed by atoms with Crippen molar-refractivity contribution in [1.29, 1.82) is 0 Å². The first kappa shape index (κ1) is 14.6. The molecule has 108 valence electrons. The third-order valence-electron chi connectivity index (χ3n) is 2.81. The minimum absolute atomic E-state index is 0.0384. The van der Waals surface area contributed by atoms with Crippen molar-refractivity contribution in [3.8, 4) is 5.88 Å². The van der Waals surface area contributed by atoms with Crippen LogP contribution >= 0.6 is 11.3 Å². The molecule has 2 aromatic heterocycles. The lowest BCUT2D eigenvalue weighted by molar-refractivity contribution is 0.234. The molecule has 0 saturated carbocycles. The van der Waals surface area contributed by atoms with E-state index in [2.05, 4.69) is 27.5 Å². The van der Waals surface area contributed by atoms with Crippen LogP contribution in [-0.2, 0) is 6.42 Å². The fraction of sp³-hybridized carbons (Fsp3) is 0.429. The van der Waals surface area contributed by atoms with E-state index < -0.39 is 0 Å². The second-order valence-corrected chi connectivity index (χ2v) is 5.87. The zero-order valence-corrected chi connectivity index (χ0v) is 12.9. The quantitative estimate of drug-likeness (QED) is 0.886. The van der Waals surface area contributed by atoms with Crippen molar-refractivity contribution in [3.05, 3.63) is 28.7 Å². The molecule has 0 atom stereocenters. The van der Waals surface area contributed by atoms with Gasteiger partial charge in [0.25, 0.3) is 0 Å². The lowest BCUT2D eigenvalue weighted by Gasteiger charge is -2.20. The number of aromatic nitrogens is 2. The predicted molar refractivity (Wildman–Crippen MR) is 83.5 cm³/mol. The number of likely N-dealkylation sites (N-methyl/N-ethyl adjacent to an activating group) is 1. The van der Waals surface area contributed by atoms with Crippen molar-refractivity contribution >= 4 is 22.8 Å². The Morgan fingerprint density at radius 2 is 2.20 bits per heavy atom. The number of nitrogen functional groups attached to an aromatic ring is 1. The maximum Gasteiger partial charge on any atom is 0.242 e. The van der Waals surface area contributed by atoms with Crippen molar-refractivity contribution < 1.29 is 4.74 Å². The number of rotatable bonds is 6. The van der Waals surface area contributed by atoms with Gasteiger partial charge in [-0.25, -0.2) is 4.98 Å². The van der Waals surface area contributed by atoms with Gasteiger partial charge in [0.1, 0.15) is 12.0 Å². The van der Waals surface area contributed by atoms with Crippen LogP contribution in [0.25, 0.3) is 0 Å². The molecular weight excluding hydrogens is 272 g/mol. The first-order valence-electron chi connectivity index (χ1n) is 6.58. The summed E-state index contributed by atoms with van der Waals surface area (Å²) in [7, 11) is 1.98. The summed E-state index contributed by atoms with van der Waals surface area (Å²) in [4.78, 5) is 11.7. The van der Waals surface area contributed by atoms with Gasteiger partial charge in [-0.15, -0.1) is 11.3 Å². The van der Waals surface area contributed by atoms with Crippen LogP contribution in [0.4, 0.5) is 11.5 Å². The van der Waals surface area contributed by atoms with Gasteiger partial charge in [0, 0.05) is 18.5 Å². The Morgan fingerprint density at radius 3 is 2.85 bits per heavy atom. The van der Waals surface area contributed by atoms with Gasteiger partial charge in [-0.05, 0) is 31.7 Å². The van der Waals surface area contributed by atoms with Crippen molar-refractivity contribution in [2.24, 2.45) is 0 Å². The normalized spacial score (nSPS) is 10.8. The molecule has 0 spiro atoms. The molecule has 0 radical (unpaired) electrons. The molecule has 0 fully saturated rings. The Kier molecular flexibility index (Phi) is 4.79. The summed E-state index contributed by atoms with van der Waals surface area (Å²) in [6, 6.07) is 4.20. The third kappa shape index (κ3) is 3.60. The number of hydrogen-bond acceptors (Lipinski definition) is 6. The molecule has 0 unspecified atom stereocenters. The van der Waals surface area contributed by atoms with Gasteiger partial charge >= 0.3 is 0 Å². The molecule has 0 amide bonds. The number of hydrogen-bond donors (Lipinski definition) is 1. The standard InChI is InChI=1S/C14H20N4OS/c1-10(2)19-14-12(15)13(16-9-17-14)18(3)7-6-11-5-4-8-20-11/h4-5,8-10H,6-7,15H2,1-3H3. The number of anilines is 2. The molecular formula is C14H20N4OS. The van der Waals surface area contributed by atoms with E-state index >= 15 is 0 Å². The molecule has 0 bridgehead atoms. The summed E-state index contributed by atoms with van der Waals surface area (Å²) in [6.45, 7) is 4.74. The molecule has 5 nitrogen and oxygen atoms in total. The summed E-state index contributed by atoms with van der Waals surface area (Å²) in [5.74, 6) is 1.17. The Morgan fingerprint density at radius 1 is 1.40 bits per heavy atom. The first-order chi connectivity index (χ1) is 9.58. The van der Waals surface area contributed by atoms with Crippen LogP contribution in [0.1, 0.15) is 18.7 Å². The van der Waals surface area contributed by atoms with Crippen molar-refractivity contribution in [1.82, 2.24) is 9.97 Å². The molecule has 0 aliphatic rings. The van der Waals surface area contributed by atoms with E-state index in [4.69, 9.17) is 10.5 Å². The number of thiophene rings is 1. The predicted octanol–water partition coefficient (Wildman–Crippen LogP) is 2.59. The average Bonchev–Trinajstić information content (AvgIpc) is 2.91. The lowest BCUT2D eigenvalue weighted by atomic mass is 10.3. The Labute approximate surface area is 123 Å². The summed E-state index contributed by atoms with van der Waals surface area (Å²) >= 11 is 1.76. The summed E-state index contributed by atoms with van der Waals surface area (Å²) in [5, 5.41) is 2.09. The van der Waals surface area contributed by atoms with E-state index in [9.17, 15) is 0 Å². The van der Waals surface area contributed by atoms with Crippen molar-refractivity contribution in [2.45, 2.75) is 26.4 Å². The molecule has 2 aromatic rings. The number of nitrogens with two attached hydrogens (primary N) is 1. The fourth-order valence-corrected chi connectivity index (χ4v) is 2.53. The van der Waals surface area contributed by atoms with Gasteiger partial charge in [-0.3, -0.25) is 0 Å². The van der Waals surface area contributed by atoms with Gasteiger partial charge in [-0.1, -0.05) is 6.07 Å². The molecule has 6 heteroatoms. The minimum Gasteiger partial charge on any atom is -0.473 e. The van der Waals surface area contributed by atoms with E-state index in [1.807, 2.05) is 25.8 Å². The zero-order chi connectivity index (χ0) is 14.5. The van der Waals surface area contributed by atoms with E-state index in [1.54, 1.807) is 11.3 Å². The topological polar surface area (TPSA) is 64.3 Å². The smallest absolute Gasteiger partial charge is 0.242 e. The SMILES string of the molecule is CC(C)Oc1ncnc(N(C)CCc2cccs2)c1N. The number of ether oxygens (including phenoxy) is 1. The summed E-state index contributed by atoms with van der Waals surface area (Å²) in [6.07, 6.45) is 2.50. The van der Waals surface area contributed by atoms with E-state index in [0.717, 1.165) is 13.0 Å². The number of nitrogens with zero attached hydrogens (tertiary/aromatic N) is 3. The Bertz CT molecular complexity index is 542. The van der Waals surface area contributed by atoms with E-state index in [-0.39, 0.29) is 6.10 Å². The highest BCUT2D eigenvalue weighted by atomic mass is 32.1. The van der Waals surface area contributed by atoms with E-state index in [0.29, 0.717) is 17.4 Å². The highest BCUT2D eigenvalue weighted by Gasteiger charge is 2.14. The lowest BCUT2D eigenvalue weighted by Crippen LogP contribution is -2.23. The van der Waals surface area contributed by atoms with Gasteiger partial charge in [0.05, 0.1) is 6.10 Å². The van der Waals surface area contributed by atoms with Crippen LogP contribution in [-0.4, -0.2) is 29.7 Å². The average molecular weight is 292 g/mol. The molecule has 2 N–H and O–H groups in total. The molecule has 0 aliphatic heterocycles. The van der Waals surface area contributed by atoms with Crippen LogP contribution in [0, 0.1) is 0 Å². The molecule has 0 saturated heterocycles. The maximum absolute atomic E-state index is 6.09. The highest BCUT2D eigenvalue weighted by Crippen LogP contribution is 2.27. The van der Waals surface area contributed by atoms with Crippen LogP contribution < -0.4 is 15.4 Å². The maximum atomic E-state index is 6.09. The Hall–Kier alpha value is -1.82. The molecule has 20 heavy (non-hydrogen) atoms. The second-order valence-electron chi connectivity index (χ2n) is 4.83. The van der Waals surface area contributed by atoms with Crippen LogP contribution in [0.5, 0.6) is 5.88 Å². The monoisotopic (exact) mass is 292 g/mol. The fourth-order valence-electron chi connectivity index (χ4n) is 1.83. The van der Waals surface area contributed by atoms with Crippen LogP contribution in [0.2, 0.25) is 0 Å². The van der Waals surface area contributed by atoms with Crippen LogP contribution in [0.15, 0.2) is 23.8 Å². The summed E-state index contributed by atoms with van der Waals surface area (Å²) in [5.41, 5.74) is 6.59. The first-order valence-corrected chi connectivity index (χ1v) is 7.46. The highest BCUT2D eigenvalue weighted by molar-refractivity contribution is 7.09. The van der Waals surface area contributed by atoms with E-state index in [1.165, 1.54) is 11.2 Å². The van der Waals surface area contributed by atoms with Crippen LogP contribution in [0.3, 0.4) is 0 Å². The molecule has 2 heterocycles. The molecule has 0 aromatic carbocycles. The largest absolute Gasteiger partial charge is 0.473 e. The van der Waals surface area contributed by atoms with Gasteiger partial charge in [0.15, 0.2) is 5.82 Å².